The molecule has 1 fully saturated rings. The van der Waals surface area contributed by atoms with Gasteiger partial charge >= 0.3 is 0 Å². The molecule has 7 heteroatoms. The van der Waals surface area contributed by atoms with E-state index in [1.54, 1.807) is 12.1 Å². The van der Waals surface area contributed by atoms with Crippen molar-refractivity contribution in [2.75, 3.05) is 7.11 Å². The molecule has 1 aliphatic rings. The average molecular weight is 422 g/mol. The zero-order chi connectivity index (χ0) is 21.4. The van der Waals surface area contributed by atoms with Crippen LogP contribution in [0.3, 0.4) is 0 Å². The lowest BCUT2D eigenvalue weighted by molar-refractivity contribution is -0.115. The quantitative estimate of drug-likeness (QED) is 0.570. The summed E-state index contributed by atoms with van der Waals surface area (Å²) < 4.78 is 19.7. The molecular formula is C23H19FN2O3S. The molecule has 1 aliphatic heterocycles. The summed E-state index contributed by atoms with van der Waals surface area (Å²) in [6.45, 7) is 3.89. The molecule has 2 amide bonds. The van der Waals surface area contributed by atoms with Gasteiger partial charge in [-0.15, -0.1) is 0 Å². The van der Waals surface area contributed by atoms with Crippen molar-refractivity contribution in [3.63, 3.8) is 0 Å². The van der Waals surface area contributed by atoms with E-state index in [1.165, 1.54) is 13.2 Å². The van der Waals surface area contributed by atoms with Crippen LogP contribution in [0.5, 0.6) is 5.88 Å². The molecule has 4 rings (SSSR count). The van der Waals surface area contributed by atoms with Crippen molar-refractivity contribution in [1.82, 2.24) is 10.3 Å². The maximum atomic E-state index is 14.2. The summed E-state index contributed by atoms with van der Waals surface area (Å²) in [4.78, 5) is 28.9. The fraction of sp³-hybridized carbons (Fsp3) is 0.174. The zero-order valence-corrected chi connectivity index (χ0v) is 17.5. The number of benzene rings is 2. The van der Waals surface area contributed by atoms with E-state index in [9.17, 15) is 14.0 Å². The van der Waals surface area contributed by atoms with Gasteiger partial charge in [-0.1, -0.05) is 38.1 Å². The van der Waals surface area contributed by atoms with E-state index in [0.29, 0.717) is 33.0 Å². The van der Waals surface area contributed by atoms with Crippen LogP contribution in [0.4, 0.5) is 9.18 Å². The lowest BCUT2D eigenvalue weighted by Crippen LogP contribution is -2.19. The first-order valence-corrected chi connectivity index (χ1v) is 10.2. The van der Waals surface area contributed by atoms with Gasteiger partial charge in [0.2, 0.25) is 5.88 Å². The van der Waals surface area contributed by atoms with Gasteiger partial charge in [0.1, 0.15) is 5.82 Å². The van der Waals surface area contributed by atoms with Gasteiger partial charge < -0.3 is 4.74 Å². The summed E-state index contributed by atoms with van der Waals surface area (Å²) in [5.41, 5.74) is 2.71. The summed E-state index contributed by atoms with van der Waals surface area (Å²) >= 11 is 0.883. The van der Waals surface area contributed by atoms with Gasteiger partial charge in [-0.3, -0.25) is 14.9 Å². The molecule has 2 heterocycles. The highest BCUT2D eigenvalue weighted by atomic mass is 32.2. The highest BCUT2D eigenvalue weighted by Gasteiger charge is 2.31. The number of carbonyl (C=O) groups is 2. The van der Waals surface area contributed by atoms with E-state index in [1.807, 2.05) is 44.2 Å². The number of ether oxygens (including phenoxy) is 1. The number of hydrogen-bond donors (Lipinski definition) is 1. The first-order chi connectivity index (χ1) is 14.4. The van der Waals surface area contributed by atoms with Crippen LogP contribution in [0.2, 0.25) is 0 Å². The second kappa shape index (κ2) is 7.91. The number of amides is 2. The molecule has 0 aliphatic carbocycles. The molecule has 0 spiro atoms. The van der Waals surface area contributed by atoms with Crippen LogP contribution in [0.15, 0.2) is 53.4 Å². The molecule has 0 radical (unpaired) electrons. The number of fused-ring (bicyclic) bond motifs is 1. The first-order valence-electron chi connectivity index (χ1n) is 9.40. The lowest BCUT2D eigenvalue weighted by atomic mass is 9.94. The average Bonchev–Trinajstić information content (AvgIpc) is 3.05. The topological polar surface area (TPSA) is 68.3 Å². The van der Waals surface area contributed by atoms with Crippen LogP contribution in [0, 0.1) is 11.7 Å². The Morgan fingerprint density at radius 2 is 1.93 bits per heavy atom. The Labute approximate surface area is 177 Å². The number of pyridine rings is 1. The van der Waals surface area contributed by atoms with Gasteiger partial charge in [-0.25, -0.2) is 9.37 Å². The minimum absolute atomic E-state index is 0.0412. The molecule has 3 aromatic rings. The Balaban J connectivity index is 1.84. The molecule has 0 unspecified atom stereocenters. The minimum Gasteiger partial charge on any atom is -0.481 e. The second-order valence-electron chi connectivity index (χ2n) is 7.17. The predicted molar refractivity (Wildman–Crippen MR) is 117 cm³/mol. The second-order valence-corrected chi connectivity index (χ2v) is 8.15. The molecular weight excluding hydrogens is 403 g/mol. The van der Waals surface area contributed by atoms with Gasteiger partial charge in [0.25, 0.3) is 11.1 Å². The fourth-order valence-electron chi connectivity index (χ4n) is 3.54. The normalized spacial score (nSPS) is 15.6. The van der Waals surface area contributed by atoms with Crippen LogP contribution in [0.25, 0.3) is 27.6 Å². The van der Waals surface area contributed by atoms with Gasteiger partial charge in [0.05, 0.1) is 17.7 Å². The lowest BCUT2D eigenvalue weighted by Gasteiger charge is -2.17. The van der Waals surface area contributed by atoms with Crippen molar-refractivity contribution in [3.8, 4) is 17.1 Å². The molecule has 5 nitrogen and oxygen atoms in total. The Morgan fingerprint density at radius 3 is 2.60 bits per heavy atom. The monoisotopic (exact) mass is 422 g/mol. The largest absolute Gasteiger partial charge is 0.481 e. The Morgan fingerprint density at radius 1 is 1.13 bits per heavy atom. The number of aromatic nitrogens is 1. The number of nitrogens with zero attached hydrogens (tertiary/aromatic N) is 1. The minimum atomic E-state index is -0.412. The Kier molecular flexibility index (Phi) is 5.30. The molecule has 1 N–H and O–H groups in total. The summed E-state index contributed by atoms with van der Waals surface area (Å²) in [5, 5.41) is 3.23. The molecule has 1 aromatic heterocycles. The number of carbonyl (C=O) groups excluding carboxylic acids is 2. The molecule has 0 bridgehead atoms. The summed E-state index contributed by atoms with van der Waals surface area (Å²) in [5.74, 6) is -0.408. The van der Waals surface area contributed by atoms with Gasteiger partial charge in [0.15, 0.2) is 0 Å². The Hall–Kier alpha value is -3.19. The summed E-state index contributed by atoms with van der Waals surface area (Å²) in [7, 11) is 1.51. The van der Waals surface area contributed by atoms with Crippen LogP contribution >= 0.6 is 11.8 Å². The molecule has 152 valence electrons. The zero-order valence-electron chi connectivity index (χ0n) is 16.7. The van der Waals surface area contributed by atoms with E-state index in [0.717, 1.165) is 22.7 Å². The maximum absolute atomic E-state index is 14.2. The van der Waals surface area contributed by atoms with Crippen molar-refractivity contribution in [2.45, 2.75) is 13.8 Å². The summed E-state index contributed by atoms with van der Waals surface area (Å²) in [6, 6.07) is 14.1. The van der Waals surface area contributed by atoms with Gasteiger partial charge in [-0.2, -0.15) is 0 Å². The predicted octanol–water partition coefficient (Wildman–Crippen LogP) is 5.40. The van der Waals surface area contributed by atoms with E-state index in [-0.39, 0.29) is 11.7 Å². The number of allylic oxidation sites excluding steroid dienone is 1. The SMILES string of the molecule is COc1nc(-c2ccc3cccc(F)c3c2)ccc1/C(=C1/SC(=O)NC1=O)C(C)C. The van der Waals surface area contributed by atoms with Gasteiger partial charge in [-0.05, 0) is 52.9 Å². The summed E-state index contributed by atoms with van der Waals surface area (Å²) in [6.07, 6.45) is 0. The third-order valence-corrected chi connectivity index (χ3v) is 5.80. The molecule has 1 saturated heterocycles. The van der Waals surface area contributed by atoms with E-state index in [4.69, 9.17) is 4.74 Å². The van der Waals surface area contributed by atoms with Crippen molar-refractivity contribution in [3.05, 3.63) is 64.8 Å². The standard InChI is InChI=1S/C23H19FN2O3S/c1-12(2)19(20-21(27)26-23(28)30-20)15-9-10-18(25-22(15)29-3)14-8-7-13-5-4-6-17(24)16(13)11-14/h4-12H,1-3H3,(H,26,27,28)/b20-19+. The highest BCUT2D eigenvalue weighted by molar-refractivity contribution is 8.18. The highest BCUT2D eigenvalue weighted by Crippen LogP contribution is 2.40. The third-order valence-electron chi connectivity index (χ3n) is 4.91. The molecule has 0 atom stereocenters. The van der Waals surface area contributed by atoms with Crippen molar-refractivity contribution < 1.29 is 18.7 Å². The number of thioether (sulfide) groups is 1. The number of imide groups is 1. The third kappa shape index (κ3) is 3.57. The van der Waals surface area contributed by atoms with Gasteiger partial charge in [0, 0.05) is 16.5 Å². The number of halogens is 1. The van der Waals surface area contributed by atoms with E-state index < -0.39 is 11.1 Å². The maximum Gasteiger partial charge on any atom is 0.290 e. The van der Waals surface area contributed by atoms with Crippen LogP contribution in [0.1, 0.15) is 19.4 Å². The Bertz CT molecular complexity index is 1220. The number of methoxy groups -OCH3 is 1. The van der Waals surface area contributed by atoms with E-state index >= 15 is 0 Å². The van der Waals surface area contributed by atoms with Crippen LogP contribution < -0.4 is 10.1 Å². The van der Waals surface area contributed by atoms with Crippen molar-refractivity contribution in [2.24, 2.45) is 5.92 Å². The number of nitrogens with one attached hydrogen (secondary N) is 1. The van der Waals surface area contributed by atoms with E-state index in [2.05, 4.69) is 10.3 Å². The van der Waals surface area contributed by atoms with Crippen molar-refractivity contribution >= 4 is 39.3 Å². The molecule has 30 heavy (non-hydrogen) atoms. The van der Waals surface area contributed by atoms with Crippen molar-refractivity contribution in [1.29, 1.82) is 0 Å². The first kappa shape index (κ1) is 20.1. The molecule has 2 aromatic carbocycles. The van der Waals surface area contributed by atoms with Crippen LogP contribution in [-0.2, 0) is 4.79 Å². The smallest absolute Gasteiger partial charge is 0.290 e. The molecule has 0 saturated carbocycles. The van der Waals surface area contributed by atoms with Crippen LogP contribution in [-0.4, -0.2) is 23.2 Å². The number of hydrogen-bond acceptors (Lipinski definition) is 5. The number of rotatable bonds is 4. The fourth-order valence-corrected chi connectivity index (χ4v) is 4.47.